The Morgan fingerprint density at radius 1 is 0.653 bits per heavy atom. The van der Waals surface area contributed by atoms with E-state index in [9.17, 15) is 31.2 Å². The Hall–Kier alpha value is -5.01. The number of amides is 5. The summed E-state index contributed by atoms with van der Waals surface area (Å²) in [4.78, 5) is 47.4. The van der Waals surface area contributed by atoms with E-state index in [0.717, 1.165) is 76.7 Å². The molecule has 0 unspecified atom stereocenters. The van der Waals surface area contributed by atoms with E-state index < -0.39 is 54.9 Å². The minimum Gasteiger partial charge on any atom is -0.444 e. The van der Waals surface area contributed by atoms with Crippen molar-refractivity contribution in [2.45, 2.75) is 171 Å². The number of ether oxygens (including phenoxy) is 1. The van der Waals surface area contributed by atoms with Crippen LogP contribution >= 0.6 is 38.8 Å². The lowest BCUT2D eigenvalue weighted by molar-refractivity contribution is 0.0491. The van der Waals surface area contributed by atoms with Gasteiger partial charge in [0, 0.05) is 76.4 Å². The number of halogens is 1. The zero-order valence-corrected chi connectivity index (χ0v) is 48.8. The monoisotopic (exact) mass is 1170 g/mol. The predicted molar refractivity (Wildman–Crippen MR) is 302 cm³/mol. The van der Waals surface area contributed by atoms with Gasteiger partial charge in [0.2, 0.25) is 20.0 Å². The van der Waals surface area contributed by atoms with Gasteiger partial charge < -0.3 is 31.7 Å². The summed E-state index contributed by atoms with van der Waals surface area (Å²) >= 11 is 5.85. The van der Waals surface area contributed by atoms with E-state index in [2.05, 4.69) is 61.2 Å². The summed E-state index contributed by atoms with van der Waals surface area (Å²) in [6, 6.07) is 18.6. The molecule has 18 nitrogen and oxygen atoms in total. The molecule has 2 fully saturated rings. The number of alkyl carbamates (subject to hydrolysis) is 1. The van der Waals surface area contributed by atoms with Crippen molar-refractivity contribution >= 4 is 88.4 Å². The van der Waals surface area contributed by atoms with Crippen LogP contribution in [0.5, 0.6) is 0 Å². The maximum Gasteiger partial charge on any atom is 0.407 e. The molecule has 0 atom stereocenters. The second-order valence-corrected chi connectivity index (χ2v) is 27.7. The summed E-state index contributed by atoms with van der Waals surface area (Å²) in [5.41, 5.74) is 6.84. The molecule has 9 N–H and O–H groups in total. The van der Waals surface area contributed by atoms with Gasteiger partial charge in [-0.3, -0.25) is 4.34 Å². The first kappa shape index (κ1) is 59.2. The zero-order chi connectivity index (χ0) is 54.9. The number of anilines is 2. The third-order valence-corrected chi connectivity index (χ3v) is 18.2. The SMILES string of the molecule is CC(C)(C)NS(=O)(=O)c1cc(NC(=O)NBr)ccc1-c1cnc(C2CCC(N)CC2)s1.CC(C)(C)NS(=O)(=O)c1cc(NC(=O)NCc2ccccc2)ccc1-c1cnc(C2CCC(NC(=O)OC(C)(C)C)CC2)s1. The average Bonchev–Trinajstić information content (AvgIpc) is 4.02. The summed E-state index contributed by atoms with van der Waals surface area (Å²) in [6.07, 6.45) is 10.3. The van der Waals surface area contributed by atoms with Crippen LogP contribution in [0.15, 0.2) is 88.9 Å². The quantitative estimate of drug-likeness (QED) is 0.0514. The predicted octanol–water partition coefficient (Wildman–Crippen LogP) is 11.1. The van der Waals surface area contributed by atoms with E-state index >= 15 is 0 Å². The summed E-state index contributed by atoms with van der Waals surface area (Å²) < 4.78 is 66.8. The van der Waals surface area contributed by atoms with Crippen molar-refractivity contribution in [3.8, 4) is 20.9 Å². The van der Waals surface area contributed by atoms with E-state index in [0.29, 0.717) is 35.0 Å². The Labute approximate surface area is 458 Å². The molecule has 3 aromatic carbocycles. The Balaban J connectivity index is 0.000000259. The lowest BCUT2D eigenvalue weighted by atomic mass is 9.86. The highest BCUT2D eigenvalue weighted by atomic mass is 79.9. The number of sulfonamides is 2. The number of nitrogens with one attached hydrogen (secondary N) is 7. The molecule has 2 heterocycles. The van der Waals surface area contributed by atoms with Crippen molar-refractivity contribution in [2.75, 3.05) is 10.6 Å². The number of aromatic nitrogens is 2. The maximum atomic E-state index is 13.6. The highest BCUT2D eigenvalue weighted by Crippen LogP contribution is 2.42. The number of rotatable bonds is 13. The molecule has 5 amide bonds. The third kappa shape index (κ3) is 18.0. The van der Waals surface area contributed by atoms with Gasteiger partial charge in [-0.2, -0.15) is 0 Å². The lowest BCUT2D eigenvalue weighted by Crippen LogP contribution is -2.40. The lowest BCUT2D eigenvalue weighted by Gasteiger charge is -2.29. The molecular weight excluding hydrogens is 1100 g/mol. The second-order valence-electron chi connectivity index (χ2n) is 21.9. The van der Waals surface area contributed by atoms with Crippen molar-refractivity contribution in [1.29, 1.82) is 0 Å². The fraction of sp³-hybridized carbons (Fsp3) is 0.481. The Morgan fingerprint density at radius 3 is 1.55 bits per heavy atom. The van der Waals surface area contributed by atoms with Gasteiger partial charge in [-0.1, -0.05) is 42.5 Å². The molecule has 75 heavy (non-hydrogen) atoms. The molecule has 0 aliphatic heterocycles. The van der Waals surface area contributed by atoms with E-state index in [4.69, 9.17) is 10.5 Å². The third-order valence-electron chi connectivity index (χ3n) is 11.8. The molecule has 2 aromatic heterocycles. The number of nitrogens with zero attached hydrogens (tertiary/aromatic N) is 2. The number of thiazole rings is 2. The first-order valence-electron chi connectivity index (χ1n) is 24.9. The van der Waals surface area contributed by atoms with Gasteiger partial charge >= 0.3 is 18.2 Å². The van der Waals surface area contributed by atoms with Crippen molar-refractivity contribution in [3.63, 3.8) is 0 Å². The van der Waals surface area contributed by atoms with E-state index in [-0.39, 0.29) is 27.8 Å². The zero-order valence-electron chi connectivity index (χ0n) is 43.9. The minimum absolute atomic E-state index is 0.0469. The van der Waals surface area contributed by atoms with Gasteiger partial charge in [0.05, 0.1) is 45.7 Å². The van der Waals surface area contributed by atoms with Gasteiger partial charge in [0.15, 0.2) is 0 Å². The number of benzene rings is 3. The van der Waals surface area contributed by atoms with Crippen LogP contribution in [-0.4, -0.2) is 73.7 Å². The van der Waals surface area contributed by atoms with Gasteiger partial charge in [0.1, 0.15) is 5.60 Å². The first-order chi connectivity index (χ1) is 35.1. The number of hydrogen-bond acceptors (Lipinski definition) is 13. The molecule has 23 heteroatoms. The topological polar surface area (TPSA) is 265 Å². The van der Waals surface area contributed by atoms with Crippen molar-refractivity contribution in [2.24, 2.45) is 5.73 Å². The normalized spacial score (nSPS) is 18.4. The molecule has 408 valence electrons. The van der Waals surface area contributed by atoms with Crippen LogP contribution in [0.3, 0.4) is 0 Å². The molecular formula is C52H71BrN10O8S4. The van der Waals surface area contributed by atoms with Gasteiger partial charge in [0.25, 0.3) is 0 Å². The molecule has 0 spiro atoms. The number of nitrogens with two attached hydrogens (primary N) is 1. The van der Waals surface area contributed by atoms with Crippen LogP contribution in [0.25, 0.3) is 20.9 Å². The fourth-order valence-electron chi connectivity index (χ4n) is 8.60. The molecule has 7 rings (SSSR count). The highest BCUT2D eigenvalue weighted by Gasteiger charge is 2.31. The molecule has 2 saturated carbocycles. The second kappa shape index (κ2) is 25.0. The van der Waals surface area contributed by atoms with Crippen LogP contribution in [0.2, 0.25) is 0 Å². The number of carbonyl (C=O) groups is 3. The number of urea groups is 2. The molecule has 2 aliphatic rings. The number of hydrogen-bond donors (Lipinski definition) is 8. The van der Waals surface area contributed by atoms with E-state index in [1.807, 2.05) is 51.1 Å². The maximum absolute atomic E-state index is 13.6. The van der Waals surface area contributed by atoms with Crippen LogP contribution in [0.4, 0.5) is 25.8 Å². The van der Waals surface area contributed by atoms with Crippen molar-refractivity contribution in [3.05, 3.63) is 94.7 Å². The Bertz CT molecular complexity index is 2990. The summed E-state index contributed by atoms with van der Waals surface area (Å²) in [6.45, 7) is 16.5. The van der Waals surface area contributed by atoms with Crippen LogP contribution < -0.4 is 40.8 Å². The number of carbonyl (C=O) groups excluding carboxylic acids is 3. The highest BCUT2D eigenvalue weighted by molar-refractivity contribution is 9.08. The van der Waals surface area contributed by atoms with E-state index in [1.54, 1.807) is 78.2 Å². The van der Waals surface area contributed by atoms with Crippen LogP contribution in [-0.2, 0) is 31.3 Å². The average molecular weight is 1170 g/mol. The fourth-order valence-corrected chi connectivity index (χ4v) is 14.4. The molecule has 5 aromatic rings. The summed E-state index contributed by atoms with van der Waals surface area (Å²) in [5, 5.41) is 13.1. The van der Waals surface area contributed by atoms with Crippen molar-refractivity contribution < 1.29 is 36.0 Å². The van der Waals surface area contributed by atoms with Gasteiger partial charge in [-0.05, 0) is 144 Å². The Kier molecular flexibility index (Phi) is 19.7. The standard InChI is InChI=1S/C32H43N5O5S2.C20H28BrN5O3S2/c1-31(2,3)37-44(40,41)27-18-24(35-29(38)34-19-21-10-8-7-9-11-21)16-17-25(27)26-20-33-28(43-26)22-12-14-23(15-13-22)36-30(39)42-32(4,5)6;1-20(2,3)26-31(28,29)17-10-14(24-19(27)25-21)8-9-15(17)16-11-23-18(30-16)12-4-6-13(22)7-5-12/h7-11,16-18,20,22-23,37H,12-15,19H2,1-6H3,(H,36,39)(H2,34,35,38);8-13,26H,4-7,22H2,1-3H3,(H2,24,25,27). The molecule has 0 saturated heterocycles. The van der Waals surface area contributed by atoms with E-state index in [1.165, 1.54) is 34.8 Å². The van der Waals surface area contributed by atoms with Crippen LogP contribution in [0, 0.1) is 0 Å². The Morgan fingerprint density at radius 2 is 1.11 bits per heavy atom. The summed E-state index contributed by atoms with van der Waals surface area (Å²) in [7, 11) is -7.81. The van der Waals surface area contributed by atoms with Gasteiger partial charge in [-0.15, -0.1) is 22.7 Å². The molecule has 2 aliphatic carbocycles. The molecule has 0 radical (unpaired) electrons. The minimum atomic E-state index is -3.95. The van der Waals surface area contributed by atoms with Crippen LogP contribution in [0.1, 0.15) is 141 Å². The van der Waals surface area contributed by atoms with Crippen molar-refractivity contribution in [1.82, 2.24) is 34.4 Å². The largest absolute Gasteiger partial charge is 0.444 e. The van der Waals surface area contributed by atoms with Gasteiger partial charge in [-0.25, -0.2) is 50.6 Å². The summed E-state index contributed by atoms with van der Waals surface area (Å²) in [5.74, 6) is 0.572. The first-order valence-corrected chi connectivity index (χ1v) is 30.3. The smallest absolute Gasteiger partial charge is 0.407 e. The molecule has 0 bridgehead atoms.